The van der Waals surface area contributed by atoms with Crippen molar-refractivity contribution in [1.29, 1.82) is 0 Å². The Morgan fingerprint density at radius 3 is 2.88 bits per heavy atom. The summed E-state index contributed by atoms with van der Waals surface area (Å²) in [6, 6.07) is 9.28. The van der Waals surface area contributed by atoms with E-state index in [1.165, 1.54) is 0 Å². The molecule has 1 atom stereocenters. The number of carbonyl (C=O) groups is 2. The van der Waals surface area contributed by atoms with Crippen LogP contribution >= 0.6 is 0 Å². The Hall–Kier alpha value is -2.63. The summed E-state index contributed by atoms with van der Waals surface area (Å²) in [5.74, 6) is 0.0363. The minimum atomic E-state index is -0.358. The van der Waals surface area contributed by atoms with Gasteiger partial charge in [-0.15, -0.1) is 0 Å². The molecule has 1 aromatic carbocycles. The van der Waals surface area contributed by atoms with E-state index in [9.17, 15) is 9.59 Å². The zero-order chi connectivity index (χ0) is 18.5. The Morgan fingerprint density at radius 2 is 2.08 bits per heavy atom. The number of benzene rings is 1. The number of fused-ring (bicyclic) bond motifs is 1. The van der Waals surface area contributed by atoms with Crippen LogP contribution < -0.4 is 5.32 Å². The maximum atomic E-state index is 12.8. The number of aromatic nitrogens is 1. The van der Waals surface area contributed by atoms with Crippen molar-refractivity contribution in [1.82, 2.24) is 20.1 Å². The molecule has 1 N–H and O–H groups in total. The fourth-order valence-electron chi connectivity index (χ4n) is 3.41. The number of hydrogen-bond acceptors (Lipinski definition) is 3. The van der Waals surface area contributed by atoms with Gasteiger partial charge in [-0.25, -0.2) is 4.79 Å². The van der Waals surface area contributed by atoms with Crippen LogP contribution in [0.5, 0.6) is 0 Å². The second-order valence-corrected chi connectivity index (χ2v) is 6.76. The van der Waals surface area contributed by atoms with Gasteiger partial charge in [-0.1, -0.05) is 38.0 Å². The van der Waals surface area contributed by atoms with Gasteiger partial charge in [0.2, 0.25) is 5.91 Å². The lowest BCUT2D eigenvalue weighted by Crippen LogP contribution is -2.59. The minimum absolute atomic E-state index is 0.0363. The maximum Gasteiger partial charge on any atom is 0.318 e. The Kier molecular flexibility index (Phi) is 5.71. The number of para-hydroxylation sites is 1. The molecule has 2 heterocycles. The van der Waals surface area contributed by atoms with Crippen LogP contribution in [-0.2, 0) is 11.3 Å². The predicted octanol–water partition coefficient (Wildman–Crippen LogP) is 2.78. The van der Waals surface area contributed by atoms with Gasteiger partial charge in [-0.3, -0.25) is 9.78 Å². The van der Waals surface area contributed by atoms with Crippen molar-refractivity contribution in [2.75, 3.05) is 20.1 Å². The van der Waals surface area contributed by atoms with E-state index in [1.54, 1.807) is 23.0 Å². The summed E-state index contributed by atoms with van der Waals surface area (Å²) in [6.07, 6.45) is 4.41. The molecule has 1 aliphatic rings. The maximum absolute atomic E-state index is 12.8. The molecule has 0 bridgehead atoms. The standard InChI is InChI=1S/C20H26N4O2/c1-3-4-9-18-19(25)23(2)12-13-24(18)20(26)22-14-15-10-11-21-17-8-6-5-7-16(15)17/h5-8,10-11,18H,3-4,9,12-14H2,1-2H3,(H,22,26). The molecule has 6 nitrogen and oxygen atoms in total. The van der Waals surface area contributed by atoms with Crippen molar-refractivity contribution in [3.8, 4) is 0 Å². The minimum Gasteiger partial charge on any atom is -0.342 e. The van der Waals surface area contributed by atoms with Gasteiger partial charge in [0.05, 0.1) is 5.52 Å². The lowest BCUT2D eigenvalue weighted by Gasteiger charge is -2.39. The highest BCUT2D eigenvalue weighted by atomic mass is 16.2. The van der Waals surface area contributed by atoms with Gasteiger partial charge in [-0.05, 0) is 24.1 Å². The molecule has 3 rings (SSSR count). The lowest BCUT2D eigenvalue weighted by atomic mass is 10.0. The largest absolute Gasteiger partial charge is 0.342 e. The fraction of sp³-hybridized carbons (Fsp3) is 0.450. The number of nitrogens with zero attached hydrogens (tertiary/aromatic N) is 3. The molecule has 1 saturated heterocycles. The summed E-state index contributed by atoms with van der Waals surface area (Å²) in [5.41, 5.74) is 1.93. The van der Waals surface area contributed by atoms with E-state index in [-0.39, 0.29) is 18.0 Å². The Bertz CT molecular complexity index is 787. The average Bonchev–Trinajstić information content (AvgIpc) is 2.67. The number of rotatable bonds is 5. The van der Waals surface area contributed by atoms with Crippen LogP contribution in [0.1, 0.15) is 31.7 Å². The second-order valence-electron chi connectivity index (χ2n) is 6.76. The summed E-state index contributed by atoms with van der Waals surface area (Å²) in [6.45, 7) is 3.66. The summed E-state index contributed by atoms with van der Waals surface area (Å²) in [5, 5.41) is 4.03. The Morgan fingerprint density at radius 1 is 1.27 bits per heavy atom. The van der Waals surface area contributed by atoms with E-state index >= 15 is 0 Å². The van der Waals surface area contributed by atoms with Crippen molar-refractivity contribution in [3.05, 3.63) is 42.1 Å². The molecular formula is C20H26N4O2. The van der Waals surface area contributed by atoms with Crippen LogP contribution in [0.25, 0.3) is 10.9 Å². The van der Waals surface area contributed by atoms with E-state index in [0.29, 0.717) is 26.1 Å². The molecule has 3 amide bonds. The quantitative estimate of drug-likeness (QED) is 0.898. The number of unbranched alkanes of at least 4 members (excludes halogenated alkanes) is 1. The van der Waals surface area contributed by atoms with Crippen molar-refractivity contribution in [2.45, 2.75) is 38.8 Å². The normalized spacial score (nSPS) is 17.6. The molecule has 1 unspecified atom stereocenters. The number of pyridine rings is 1. The molecule has 0 saturated carbocycles. The summed E-state index contributed by atoms with van der Waals surface area (Å²) in [4.78, 5) is 33.0. The topological polar surface area (TPSA) is 65.5 Å². The molecule has 1 aliphatic heterocycles. The van der Waals surface area contributed by atoms with Gasteiger partial charge in [0.15, 0.2) is 0 Å². The number of hydrogen-bond donors (Lipinski definition) is 1. The molecule has 0 aliphatic carbocycles. The third kappa shape index (κ3) is 3.79. The first-order chi connectivity index (χ1) is 12.6. The monoisotopic (exact) mass is 354 g/mol. The van der Waals surface area contributed by atoms with E-state index in [0.717, 1.165) is 29.3 Å². The number of nitrogens with one attached hydrogen (secondary N) is 1. The molecule has 138 valence electrons. The molecule has 1 aromatic heterocycles. The molecule has 0 spiro atoms. The summed E-state index contributed by atoms with van der Waals surface area (Å²) >= 11 is 0. The highest BCUT2D eigenvalue weighted by molar-refractivity contribution is 5.88. The van der Waals surface area contributed by atoms with Crippen LogP contribution in [0.3, 0.4) is 0 Å². The first-order valence-corrected chi connectivity index (χ1v) is 9.24. The lowest BCUT2D eigenvalue weighted by molar-refractivity contribution is -0.138. The fourth-order valence-corrected chi connectivity index (χ4v) is 3.41. The molecule has 0 radical (unpaired) electrons. The third-order valence-electron chi connectivity index (χ3n) is 4.98. The van der Waals surface area contributed by atoms with Crippen LogP contribution in [0.15, 0.2) is 36.5 Å². The smallest absolute Gasteiger partial charge is 0.318 e. The number of piperazine rings is 1. The molecule has 2 aromatic rings. The van der Waals surface area contributed by atoms with E-state index in [2.05, 4.69) is 17.2 Å². The van der Waals surface area contributed by atoms with Crippen molar-refractivity contribution < 1.29 is 9.59 Å². The number of likely N-dealkylation sites (N-methyl/N-ethyl adjacent to an activating group) is 1. The van der Waals surface area contributed by atoms with Gasteiger partial charge in [0.25, 0.3) is 0 Å². The summed E-state index contributed by atoms with van der Waals surface area (Å²) < 4.78 is 0. The van der Waals surface area contributed by atoms with Crippen LogP contribution in [0.4, 0.5) is 4.79 Å². The number of carbonyl (C=O) groups excluding carboxylic acids is 2. The first kappa shape index (κ1) is 18.2. The molecule has 1 fully saturated rings. The van der Waals surface area contributed by atoms with Crippen LogP contribution in [0.2, 0.25) is 0 Å². The molecule has 26 heavy (non-hydrogen) atoms. The van der Waals surface area contributed by atoms with E-state index in [4.69, 9.17) is 0 Å². The second kappa shape index (κ2) is 8.17. The third-order valence-corrected chi connectivity index (χ3v) is 4.98. The number of urea groups is 1. The van der Waals surface area contributed by atoms with E-state index in [1.807, 2.05) is 30.3 Å². The van der Waals surface area contributed by atoms with Gasteiger partial charge in [0.1, 0.15) is 6.04 Å². The highest BCUT2D eigenvalue weighted by Gasteiger charge is 2.35. The SMILES string of the molecule is CCCCC1C(=O)N(C)CCN1C(=O)NCc1ccnc2ccccc12. The van der Waals surface area contributed by atoms with Crippen LogP contribution in [-0.4, -0.2) is 52.9 Å². The zero-order valence-electron chi connectivity index (χ0n) is 15.4. The van der Waals surface area contributed by atoms with Gasteiger partial charge >= 0.3 is 6.03 Å². The predicted molar refractivity (Wildman–Crippen MR) is 102 cm³/mol. The first-order valence-electron chi connectivity index (χ1n) is 9.24. The molecule has 6 heteroatoms. The van der Waals surface area contributed by atoms with E-state index < -0.39 is 0 Å². The Labute approximate surface area is 154 Å². The van der Waals surface area contributed by atoms with Crippen molar-refractivity contribution in [2.24, 2.45) is 0 Å². The van der Waals surface area contributed by atoms with Gasteiger partial charge in [-0.2, -0.15) is 0 Å². The molecular weight excluding hydrogens is 328 g/mol. The summed E-state index contributed by atoms with van der Waals surface area (Å²) in [7, 11) is 1.81. The number of amides is 3. The van der Waals surface area contributed by atoms with Crippen molar-refractivity contribution in [3.63, 3.8) is 0 Å². The average molecular weight is 354 g/mol. The van der Waals surface area contributed by atoms with Crippen molar-refractivity contribution >= 4 is 22.8 Å². The van der Waals surface area contributed by atoms with Crippen LogP contribution in [0, 0.1) is 0 Å². The Balaban J connectivity index is 1.70. The van der Waals surface area contributed by atoms with Gasteiger partial charge in [0, 0.05) is 38.3 Å². The van der Waals surface area contributed by atoms with Gasteiger partial charge < -0.3 is 15.1 Å². The zero-order valence-corrected chi connectivity index (χ0v) is 15.4. The highest BCUT2D eigenvalue weighted by Crippen LogP contribution is 2.18.